The molecule has 1 aliphatic rings. The van der Waals surface area contributed by atoms with E-state index in [0.29, 0.717) is 17.2 Å². The Balaban J connectivity index is 2.16. The molecule has 2 heterocycles. The molecule has 5 nitrogen and oxygen atoms in total. The van der Waals surface area contributed by atoms with Crippen LogP contribution in [-0.4, -0.2) is 40.5 Å². The van der Waals surface area contributed by atoms with E-state index in [9.17, 15) is 4.79 Å². The van der Waals surface area contributed by atoms with Crippen LogP contribution < -0.4 is 10.6 Å². The van der Waals surface area contributed by atoms with E-state index >= 15 is 0 Å². The summed E-state index contributed by atoms with van der Waals surface area (Å²) in [4.78, 5) is 21.1. The van der Waals surface area contributed by atoms with Crippen molar-refractivity contribution in [2.45, 2.75) is 38.6 Å². The third-order valence-corrected chi connectivity index (χ3v) is 4.52. The molecule has 0 radical (unpaired) electrons. The fourth-order valence-electron chi connectivity index (χ4n) is 2.14. The van der Waals surface area contributed by atoms with E-state index in [1.54, 1.807) is 13.2 Å². The van der Waals surface area contributed by atoms with Gasteiger partial charge < -0.3 is 10.6 Å². The molecule has 0 saturated carbocycles. The number of carbonyl (C=O) groups excluding carboxylic acids is 1. The molecule has 0 spiro atoms. The second-order valence-electron chi connectivity index (χ2n) is 5.28. The van der Waals surface area contributed by atoms with Crippen molar-refractivity contribution in [1.82, 2.24) is 15.3 Å². The molecule has 1 saturated heterocycles. The van der Waals surface area contributed by atoms with Gasteiger partial charge in [0.2, 0.25) is 0 Å². The van der Waals surface area contributed by atoms with E-state index < -0.39 is 0 Å². The van der Waals surface area contributed by atoms with Gasteiger partial charge in [-0.1, -0.05) is 13.8 Å². The average Bonchev–Trinajstić information content (AvgIpc) is 2.47. The van der Waals surface area contributed by atoms with Crippen LogP contribution in [0.2, 0.25) is 0 Å². The van der Waals surface area contributed by atoms with Crippen molar-refractivity contribution in [1.29, 1.82) is 0 Å². The number of anilines is 1. The highest BCUT2D eigenvalue weighted by molar-refractivity contribution is 7.99. The SMILES string of the molecule is CNc1cnc(C(C)C)nc1C(=O)NC1CCCSC1. The quantitative estimate of drug-likeness (QED) is 0.891. The molecule has 1 aromatic heterocycles. The van der Waals surface area contributed by atoms with Crippen LogP contribution in [0.25, 0.3) is 0 Å². The van der Waals surface area contributed by atoms with Gasteiger partial charge in [0.15, 0.2) is 5.69 Å². The summed E-state index contributed by atoms with van der Waals surface area (Å²) in [6, 6.07) is 0.253. The maximum Gasteiger partial charge on any atom is 0.272 e. The summed E-state index contributed by atoms with van der Waals surface area (Å²) in [5.41, 5.74) is 1.12. The highest BCUT2D eigenvalue weighted by Crippen LogP contribution is 2.19. The maximum atomic E-state index is 12.4. The Kier molecular flexibility index (Phi) is 5.23. The third-order valence-electron chi connectivity index (χ3n) is 3.30. The maximum absolute atomic E-state index is 12.4. The molecule has 0 aliphatic carbocycles. The molecule has 1 aromatic rings. The number of nitrogens with one attached hydrogen (secondary N) is 2. The molecule has 1 amide bonds. The Morgan fingerprint density at radius 2 is 2.30 bits per heavy atom. The molecular formula is C14H22N4OS. The molecule has 0 bridgehead atoms. The van der Waals surface area contributed by atoms with Gasteiger partial charge in [0.1, 0.15) is 5.82 Å². The highest BCUT2D eigenvalue weighted by atomic mass is 32.2. The van der Waals surface area contributed by atoms with Crippen molar-refractivity contribution in [2.75, 3.05) is 23.9 Å². The average molecular weight is 294 g/mol. The summed E-state index contributed by atoms with van der Waals surface area (Å²) in [6.45, 7) is 4.04. The molecule has 1 fully saturated rings. The monoisotopic (exact) mass is 294 g/mol. The lowest BCUT2D eigenvalue weighted by atomic mass is 10.1. The van der Waals surface area contributed by atoms with Gasteiger partial charge in [-0.3, -0.25) is 4.79 Å². The molecular weight excluding hydrogens is 272 g/mol. The van der Waals surface area contributed by atoms with E-state index in [4.69, 9.17) is 0 Å². The number of hydrogen-bond acceptors (Lipinski definition) is 5. The molecule has 0 aromatic carbocycles. The van der Waals surface area contributed by atoms with Crippen molar-refractivity contribution in [3.63, 3.8) is 0 Å². The fourth-order valence-corrected chi connectivity index (χ4v) is 3.21. The number of thioether (sulfide) groups is 1. The number of amides is 1. The number of aromatic nitrogens is 2. The first-order chi connectivity index (χ1) is 9.61. The summed E-state index contributed by atoms with van der Waals surface area (Å²) in [5.74, 6) is 2.98. The fraction of sp³-hybridized carbons (Fsp3) is 0.643. The predicted molar refractivity (Wildman–Crippen MR) is 83.5 cm³/mol. The zero-order chi connectivity index (χ0) is 14.5. The van der Waals surface area contributed by atoms with E-state index in [-0.39, 0.29) is 17.9 Å². The van der Waals surface area contributed by atoms with Gasteiger partial charge in [0.25, 0.3) is 5.91 Å². The summed E-state index contributed by atoms with van der Waals surface area (Å²) in [7, 11) is 1.78. The van der Waals surface area contributed by atoms with Crippen LogP contribution in [0.1, 0.15) is 48.9 Å². The summed E-state index contributed by atoms with van der Waals surface area (Å²) >= 11 is 1.90. The zero-order valence-corrected chi connectivity index (χ0v) is 13.1. The second kappa shape index (κ2) is 6.92. The minimum absolute atomic E-state index is 0.105. The summed E-state index contributed by atoms with van der Waals surface area (Å²) in [6.07, 6.45) is 3.90. The van der Waals surface area contributed by atoms with Gasteiger partial charge in [-0.25, -0.2) is 9.97 Å². The van der Waals surface area contributed by atoms with Crippen LogP contribution in [0.15, 0.2) is 6.20 Å². The minimum Gasteiger partial charge on any atom is -0.385 e. The van der Waals surface area contributed by atoms with Crippen molar-refractivity contribution in [2.24, 2.45) is 0 Å². The molecule has 20 heavy (non-hydrogen) atoms. The third kappa shape index (κ3) is 3.62. The standard InChI is InChI=1S/C14H22N4OS/c1-9(2)13-16-7-11(15-3)12(18-13)14(19)17-10-5-4-6-20-8-10/h7,9-10,15H,4-6,8H2,1-3H3,(H,17,19). The zero-order valence-electron chi connectivity index (χ0n) is 12.3. The largest absolute Gasteiger partial charge is 0.385 e. The van der Waals surface area contributed by atoms with Crippen molar-refractivity contribution < 1.29 is 4.79 Å². The van der Waals surface area contributed by atoms with E-state index in [1.807, 2.05) is 25.6 Å². The van der Waals surface area contributed by atoms with E-state index in [0.717, 1.165) is 18.6 Å². The lowest BCUT2D eigenvalue weighted by Crippen LogP contribution is -2.39. The van der Waals surface area contributed by atoms with Gasteiger partial charge >= 0.3 is 0 Å². The predicted octanol–water partition coefficient (Wildman–Crippen LogP) is 2.27. The van der Waals surface area contributed by atoms with Crippen molar-refractivity contribution in [3.05, 3.63) is 17.7 Å². The van der Waals surface area contributed by atoms with E-state index in [1.165, 1.54) is 5.75 Å². The molecule has 1 aliphatic heterocycles. The van der Waals surface area contributed by atoms with Gasteiger partial charge in [-0.15, -0.1) is 0 Å². The van der Waals surface area contributed by atoms with Gasteiger partial charge in [-0.2, -0.15) is 11.8 Å². The number of nitrogens with zero attached hydrogens (tertiary/aromatic N) is 2. The molecule has 110 valence electrons. The topological polar surface area (TPSA) is 66.9 Å². The lowest BCUT2D eigenvalue weighted by Gasteiger charge is -2.22. The second-order valence-corrected chi connectivity index (χ2v) is 6.43. The number of hydrogen-bond donors (Lipinski definition) is 2. The van der Waals surface area contributed by atoms with Gasteiger partial charge in [0.05, 0.1) is 11.9 Å². The number of rotatable bonds is 4. The first kappa shape index (κ1) is 15.1. The van der Waals surface area contributed by atoms with Gasteiger partial charge in [0, 0.05) is 24.8 Å². The summed E-state index contributed by atoms with van der Waals surface area (Å²) < 4.78 is 0. The Bertz CT molecular complexity index is 472. The lowest BCUT2D eigenvalue weighted by molar-refractivity contribution is 0.0934. The first-order valence-electron chi connectivity index (χ1n) is 7.05. The molecule has 2 N–H and O–H groups in total. The van der Waals surface area contributed by atoms with E-state index in [2.05, 4.69) is 20.6 Å². The highest BCUT2D eigenvalue weighted by Gasteiger charge is 2.21. The molecule has 1 unspecified atom stereocenters. The van der Waals surface area contributed by atoms with Crippen LogP contribution >= 0.6 is 11.8 Å². The Hall–Kier alpha value is -1.30. The van der Waals surface area contributed by atoms with Crippen LogP contribution in [-0.2, 0) is 0 Å². The number of carbonyl (C=O) groups is 1. The smallest absolute Gasteiger partial charge is 0.272 e. The first-order valence-corrected chi connectivity index (χ1v) is 8.20. The Labute approximate surface area is 124 Å². The molecule has 2 rings (SSSR count). The Morgan fingerprint density at radius 3 is 2.90 bits per heavy atom. The van der Waals surface area contributed by atoms with Crippen LogP contribution in [0.4, 0.5) is 5.69 Å². The Morgan fingerprint density at radius 1 is 1.50 bits per heavy atom. The minimum atomic E-state index is -0.105. The molecule has 6 heteroatoms. The molecule has 1 atom stereocenters. The summed E-state index contributed by atoms with van der Waals surface area (Å²) in [5, 5.41) is 6.07. The van der Waals surface area contributed by atoms with Crippen molar-refractivity contribution in [3.8, 4) is 0 Å². The normalized spacial score (nSPS) is 18.9. The van der Waals surface area contributed by atoms with Crippen LogP contribution in [0.5, 0.6) is 0 Å². The van der Waals surface area contributed by atoms with Crippen LogP contribution in [0.3, 0.4) is 0 Å². The van der Waals surface area contributed by atoms with Crippen molar-refractivity contribution >= 4 is 23.4 Å². The van der Waals surface area contributed by atoms with Gasteiger partial charge in [-0.05, 0) is 18.6 Å². The van der Waals surface area contributed by atoms with Crippen LogP contribution in [0, 0.1) is 0 Å².